The monoisotopic (exact) mass is 1020 g/mol. The van der Waals surface area contributed by atoms with Crippen LogP contribution >= 0.6 is 0 Å². The van der Waals surface area contributed by atoms with E-state index in [2.05, 4.69) is 19.2 Å². The summed E-state index contributed by atoms with van der Waals surface area (Å²) in [5.74, 6) is -0.234. The number of hydrogen-bond donors (Lipinski definition) is 9. The Hall–Kier alpha value is -1.27. The number of allylic oxidation sites excluding steroid dienone is 1. The van der Waals surface area contributed by atoms with Crippen LogP contribution in [0.4, 0.5) is 0 Å². The van der Waals surface area contributed by atoms with Gasteiger partial charge in [0.1, 0.15) is 48.8 Å². The maximum atomic E-state index is 13.2. The molecule has 420 valence electrons. The second-order valence-corrected chi connectivity index (χ2v) is 21.1. The van der Waals surface area contributed by atoms with Crippen LogP contribution in [0.25, 0.3) is 0 Å². The molecular weight excluding hydrogens is 907 g/mol. The molecule has 0 aromatic heterocycles. The Labute approximate surface area is 431 Å². The van der Waals surface area contributed by atoms with Crippen molar-refractivity contribution in [3.8, 4) is 0 Å². The number of amides is 1. The van der Waals surface area contributed by atoms with Gasteiger partial charge in [-0.25, -0.2) is 0 Å². The van der Waals surface area contributed by atoms with Crippen molar-refractivity contribution in [2.45, 2.75) is 325 Å². The molecule has 9 N–H and O–H groups in total. The molecule has 0 saturated carbocycles. The maximum Gasteiger partial charge on any atom is 0.220 e. The minimum absolute atomic E-state index is 0.234. The summed E-state index contributed by atoms with van der Waals surface area (Å²) in [5.41, 5.74) is 0. The lowest BCUT2D eigenvalue weighted by molar-refractivity contribution is -0.359. The predicted octanol–water partition coefficient (Wildman–Crippen LogP) is 9.50. The Kier molecular flexibility index (Phi) is 40.7. The van der Waals surface area contributed by atoms with Crippen molar-refractivity contribution in [1.82, 2.24) is 5.32 Å². The highest BCUT2D eigenvalue weighted by molar-refractivity contribution is 5.76. The number of carbonyl (C=O) groups excluding carboxylic acids is 1. The zero-order valence-electron chi connectivity index (χ0n) is 45.0. The van der Waals surface area contributed by atoms with Crippen molar-refractivity contribution in [1.29, 1.82) is 0 Å². The summed E-state index contributed by atoms with van der Waals surface area (Å²) in [6.07, 6.45) is 32.4. The van der Waals surface area contributed by atoms with Gasteiger partial charge in [0.25, 0.3) is 0 Å². The average molecular weight is 1020 g/mol. The summed E-state index contributed by atoms with van der Waals surface area (Å²) in [7, 11) is 0. The Bertz CT molecular complexity index is 1240. The molecule has 0 bridgehead atoms. The van der Waals surface area contributed by atoms with Gasteiger partial charge in [-0.1, -0.05) is 238 Å². The van der Waals surface area contributed by atoms with Gasteiger partial charge in [-0.15, -0.1) is 0 Å². The molecule has 71 heavy (non-hydrogen) atoms. The lowest BCUT2D eigenvalue weighted by atomic mass is 9.97. The number of hydrogen-bond acceptors (Lipinski definition) is 13. The second-order valence-electron chi connectivity index (χ2n) is 21.1. The van der Waals surface area contributed by atoms with E-state index in [9.17, 15) is 45.6 Å². The van der Waals surface area contributed by atoms with Crippen LogP contribution in [-0.2, 0) is 23.7 Å². The normalized spacial score (nSPS) is 25.8. The third-order valence-electron chi connectivity index (χ3n) is 14.7. The Morgan fingerprint density at radius 1 is 0.493 bits per heavy atom. The Morgan fingerprint density at radius 3 is 1.30 bits per heavy atom. The zero-order valence-corrected chi connectivity index (χ0v) is 45.0. The fourth-order valence-corrected chi connectivity index (χ4v) is 9.94. The third kappa shape index (κ3) is 30.2. The topological polar surface area (TPSA) is 228 Å². The van der Waals surface area contributed by atoms with E-state index >= 15 is 0 Å². The molecule has 12 atom stereocenters. The van der Waals surface area contributed by atoms with Crippen LogP contribution in [0.1, 0.15) is 251 Å². The van der Waals surface area contributed by atoms with Crippen LogP contribution < -0.4 is 5.32 Å². The predicted molar refractivity (Wildman–Crippen MR) is 282 cm³/mol. The summed E-state index contributed by atoms with van der Waals surface area (Å²) in [6.45, 7) is 2.83. The maximum absolute atomic E-state index is 13.2. The smallest absolute Gasteiger partial charge is 0.220 e. The van der Waals surface area contributed by atoms with Gasteiger partial charge in [0.2, 0.25) is 5.91 Å². The third-order valence-corrected chi connectivity index (χ3v) is 14.7. The van der Waals surface area contributed by atoms with Crippen molar-refractivity contribution < 1.29 is 64.6 Å². The van der Waals surface area contributed by atoms with Gasteiger partial charge in [-0.05, 0) is 19.3 Å². The molecule has 2 fully saturated rings. The average Bonchev–Trinajstić information content (AvgIpc) is 3.37. The molecule has 14 heteroatoms. The van der Waals surface area contributed by atoms with E-state index in [0.717, 1.165) is 38.5 Å². The number of rotatable bonds is 47. The van der Waals surface area contributed by atoms with Gasteiger partial charge in [0.15, 0.2) is 12.6 Å². The summed E-state index contributed by atoms with van der Waals surface area (Å²) >= 11 is 0. The lowest BCUT2D eigenvalue weighted by Gasteiger charge is -2.46. The van der Waals surface area contributed by atoms with E-state index in [0.29, 0.717) is 6.42 Å². The molecule has 12 unspecified atom stereocenters. The van der Waals surface area contributed by atoms with Crippen molar-refractivity contribution in [3.05, 3.63) is 12.2 Å². The van der Waals surface area contributed by atoms with E-state index in [4.69, 9.17) is 18.9 Å². The Balaban J connectivity index is 1.78. The second kappa shape index (κ2) is 43.9. The lowest BCUT2D eigenvalue weighted by Crippen LogP contribution is -2.65. The van der Waals surface area contributed by atoms with E-state index in [-0.39, 0.29) is 18.9 Å². The first-order chi connectivity index (χ1) is 34.6. The van der Waals surface area contributed by atoms with Gasteiger partial charge in [-0.2, -0.15) is 0 Å². The van der Waals surface area contributed by atoms with Crippen molar-refractivity contribution >= 4 is 5.91 Å². The molecule has 2 aliphatic rings. The van der Waals surface area contributed by atoms with Crippen LogP contribution in [0.2, 0.25) is 0 Å². The van der Waals surface area contributed by atoms with Crippen molar-refractivity contribution in [2.24, 2.45) is 0 Å². The molecule has 1 amide bonds. The molecule has 2 heterocycles. The highest BCUT2D eigenvalue weighted by Gasteiger charge is 2.51. The summed E-state index contributed by atoms with van der Waals surface area (Å²) in [5, 5.41) is 87.1. The number of carbonyl (C=O) groups is 1. The molecule has 2 saturated heterocycles. The quantitative estimate of drug-likeness (QED) is 0.0205. The van der Waals surface area contributed by atoms with Gasteiger partial charge in [0, 0.05) is 6.42 Å². The van der Waals surface area contributed by atoms with Gasteiger partial charge < -0.3 is 65.1 Å². The van der Waals surface area contributed by atoms with E-state index in [1.54, 1.807) is 6.08 Å². The highest BCUT2D eigenvalue weighted by Crippen LogP contribution is 2.30. The van der Waals surface area contributed by atoms with Gasteiger partial charge in [-0.3, -0.25) is 4.79 Å². The molecule has 0 aromatic carbocycles. The highest BCUT2D eigenvalue weighted by atomic mass is 16.7. The minimum atomic E-state index is -1.78. The molecule has 0 aliphatic carbocycles. The number of aliphatic hydroxyl groups is 8. The van der Waals surface area contributed by atoms with Gasteiger partial charge in [0.05, 0.1) is 32.0 Å². The van der Waals surface area contributed by atoms with E-state index in [1.807, 2.05) is 6.08 Å². The first-order valence-corrected chi connectivity index (χ1v) is 29.4. The largest absolute Gasteiger partial charge is 0.394 e. The first kappa shape index (κ1) is 65.8. The molecule has 2 aliphatic heterocycles. The fourth-order valence-electron chi connectivity index (χ4n) is 9.94. The molecule has 0 aromatic rings. The first-order valence-electron chi connectivity index (χ1n) is 29.4. The number of ether oxygens (including phenoxy) is 4. The van der Waals surface area contributed by atoms with E-state index in [1.165, 1.54) is 186 Å². The Morgan fingerprint density at radius 2 is 0.873 bits per heavy atom. The van der Waals surface area contributed by atoms with Crippen molar-refractivity contribution in [3.63, 3.8) is 0 Å². The van der Waals surface area contributed by atoms with Crippen molar-refractivity contribution in [2.75, 3.05) is 19.8 Å². The van der Waals surface area contributed by atoms with Crippen LogP contribution in [-0.4, -0.2) is 140 Å². The van der Waals surface area contributed by atoms with Crippen LogP contribution in [0.15, 0.2) is 12.2 Å². The van der Waals surface area contributed by atoms with Crippen LogP contribution in [0.3, 0.4) is 0 Å². The fraction of sp³-hybridized carbons (Fsp3) is 0.947. The molecule has 0 radical (unpaired) electrons. The summed E-state index contributed by atoms with van der Waals surface area (Å²) < 4.78 is 22.8. The van der Waals surface area contributed by atoms with Gasteiger partial charge >= 0.3 is 0 Å². The molecule has 14 nitrogen and oxygen atoms in total. The number of nitrogens with one attached hydrogen (secondary N) is 1. The number of unbranched alkanes of at least 4 members (excludes halogenated alkanes) is 34. The summed E-state index contributed by atoms with van der Waals surface area (Å²) in [4.78, 5) is 13.2. The van der Waals surface area contributed by atoms with E-state index < -0.39 is 86.8 Å². The molecule has 0 spiro atoms. The summed E-state index contributed by atoms with van der Waals surface area (Å²) in [6, 6.07) is -0.909. The molecule has 2 rings (SSSR count). The zero-order chi connectivity index (χ0) is 51.7. The SMILES string of the molecule is CCCCCCCCCCCCCCCCCCC/C=C/C(O)C(COC1OC(CO)C(OC2OC(CO)C(O)C(O)C2O)C(O)C1O)NC(=O)CCCCCCCCCCCCCCCCCCCC. The van der Waals surface area contributed by atoms with Crippen LogP contribution in [0.5, 0.6) is 0 Å². The minimum Gasteiger partial charge on any atom is -0.394 e. The molecular formula is C57H109NO13. The standard InChI is InChI=1S/C57H109NO13/c1-3-5-7-9-11-13-15-17-19-21-23-24-26-28-30-32-34-36-38-40-46(61)45(58-49(62)41-39-37-35-33-31-29-27-25-22-20-18-16-14-12-10-8-6-4-2)44-68-56-54(67)52(65)55(48(43-60)70-56)71-57-53(66)51(64)50(63)47(42-59)69-57/h38,40,45-48,50-57,59-61,63-67H,3-37,39,41-44H2,1-2H3,(H,58,62)/b40-38+. The van der Waals surface area contributed by atoms with Crippen LogP contribution in [0, 0.1) is 0 Å². The number of aliphatic hydroxyl groups excluding tert-OH is 8.